The minimum absolute atomic E-state index is 0.169. The van der Waals surface area contributed by atoms with Crippen molar-refractivity contribution in [1.82, 2.24) is 0 Å². The van der Waals surface area contributed by atoms with Gasteiger partial charge in [0.15, 0.2) is 0 Å². The van der Waals surface area contributed by atoms with E-state index in [1.54, 1.807) is 6.08 Å². The molecule has 0 heterocycles. The molecule has 0 aromatic rings. The first kappa shape index (κ1) is 12.4. The molecule has 0 fully saturated rings. The SMILES string of the molecule is CCC(=CC(=O)O[Si](C)(C)C)CC. The zero-order valence-electron chi connectivity index (χ0n) is 9.31. The molecule has 0 aromatic heterocycles. The summed E-state index contributed by atoms with van der Waals surface area (Å²) >= 11 is 0. The maximum absolute atomic E-state index is 11.3. The van der Waals surface area contributed by atoms with Crippen LogP contribution in [0.25, 0.3) is 0 Å². The van der Waals surface area contributed by atoms with Crippen molar-refractivity contribution in [3.63, 3.8) is 0 Å². The lowest BCUT2D eigenvalue weighted by molar-refractivity contribution is -0.129. The number of carbonyl (C=O) groups is 1. The van der Waals surface area contributed by atoms with E-state index in [1.807, 2.05) is 19.6 Å². The lowest BCUT2D eigenvalue weighted by Crippen LogP contribution is -2.28. The van der Waals surface area contributed by atoms with Crippen LogP contribution in [0.4, 0.5) is 0 Å². The molecule has 0 aliphatic rings. The van der Waals surface area contributed by atoms with Crippen molar-refractivity contribution in [3.05, 3.63) is 11.6 Å². The number of carbonyl (C=O) groups excluding carboxylic acids is 1. The van der Waals surface area contributed by atoms with Gasteiger partial charge in [0.1, 0.15) is 0 Å². The van der Waals surface area contributed by atoms with E-state index >= 15 is 0 Å². The standard InChI is InChI=1S/C10H20O2Si/c1-6-9(7-2)8-10(11)12-13(3,4)5/h8H,6-7H2,1-5H3. The summed E-state index contributed by atoms with van der Waals surface area (Å²) in [5.41, 5.74) is 1.16. The molecule has 0 amide bonds. The molecular weight excluding hydrogens is 180 g/mol. The second-order valence-electron chi connectivity index (χ2n) is 4.04. The highest BCUT2D eigenvalue weighted by Crippen LogP contribution is 2.08. The first-order chi connectivity index (χ1) is 5.89. The van der Waals surface area contributed by atoms with E-state index in [9.17, 15) is 4.79 Å². The van der Waals surface area contributed by atoms with Gasteiger partial charge in [-0.2, -0.15) is 0 Å². The third-order valence-electron chi connectivity index (χ3n) is 1.64. The Morgan fingerprint density at radius 2 is 1.69 bits per heavy atom. The lowest BCUT2D eigenvalue weighted by atomic mass is 10.1. The van der Waals surface area contributed by atoms with E-state index in [0.717, 1.165) is 18.4 Å². The fourth-order valence-corrected chi connectivity index (χ4v) is 1.61. The lowest BCUT2D eigenvalue weighted by Gasteiger charge is -2.16. The first-order valence-corrected chi connectivity index (χ1v) is 8.22. The highest BCUT2D eigenvalue weighted by Gasteiger charge is 2.18. The van der Waals surface area contributed by atoms with Crippen LogP contribution in [0, 0.1) is 0 Å². The summed E-state index contributed by atoms with van der Waals surface area (Å²) in [5, 5.41) is 0. The average molecular weight is 200 g/mol. The smallest absolute Gasteiger partial charge is 0.317 e. The third kappa shape index (κ3) is 6.58. The summed E-state index contributed by atoms with van der Waals surface area (Å²) in [7, 11) is -1.71. The van der Waals surface area contributed by atoms with Gasteiger partial charge in [-0.05, 0) is 32.5 Å². The second kappa shape index (κ2) is 5.22. The Hall–Kier alpha value is -0.573. The van der Waals surface area contributed by atoms with Crippen molar-refractivity contribution in [3.8, 4) is 0 Å². The minimum atomic E-state index is -1.71. The average Bonchev–Trinajstić information content (AvgIpc) is 1.96. The molecule has 13 heavy (non-hydrogen) atoms. The van der Waals surface area contributed by atoms with E-state index < -0.39 is 8.32 Å². The van der Waals surface area contributed by atoms with Gasteiger partial charge in [0.2, 0.25) is 8.32 Å². The summed E-state index contributed by atoms with van der Waals surface area (Å²) in [6.45, 7) is 10.1. The first-order valence-electron chi connectivity index (χ1n) is 4.81. The zero-order valence-corrected chi connectivity index (χ0v) is 10.3. The molecule has 0 radical (unpaired) electrons. The molecule has 0 saturated carbocycles. The van der Waals surface area contributed by atoms with Gasteiger partial charge < -0.3 is 4.43 Å². The summed E-state index contributed by atoms with van der Waals surface area (Å²) in [4.78, 5) is 11.3. The number of hydrogen-bond acceptors (Lipinski definition) is 2. The van der Waals surface area contributed by atoms with E-state index in [2.05, 4.69) is 13.8 Å². The summed E-state index contributed by atoms with van der Waals surface area (Å²) < 4.78 is 5.30. The zero-order chi connectivity index (χ0) is 10.5. The van der Waals surface area contributed by atoms with Crippen molar-refractivity contribution in [2.24, 2.45) is 0 Å². The van der Waals surface area contributed by atoms with Crippen LogP contribution in [0.3, 0.4) is 0 Å². The van der Waals surface area contributed by atoms with E-state index in [-0.39, 0.29) is 5.97 Å². The van der Waals surface area contributed by atoms with Crippen LogP contribution < -0.4 is 0 Å². The molecule has 0 aliphatic heterocycles. The maximum Gasteiger partial charge on any atom is 0.317 e. The Morgan fingerprint density at radius 1 is 1.23 bits per heavy atom. The molecule has 0 unspecified atom stereocenters. The van der Waals surface area contributed by atoms with Crippen LogP contribution in [0.5, 0.6) is 0 Å². The molecule has 0 saturated heterocycles. The maximum atomic E-state index is 11.3. The van der Waals surface area contributed by atoms with Crippen molar-refractivity contribution < 1.29 is 9.22 Å². The van der Waals surface area contributed by atoms with Crippen molar-refractivity contribution >= 4 is 14.3 Å². The van der Waals surface area contributed by atoms with Gasteiger partial charge in [-0.3, -0.25) is 0 Å². The Balaban J connectivity index is 4.21. The Morgan fingerprint density at radius 3 is 2.00 bits per heavy atom. The van der Waals surface area contributed by atoms with Gasteiger partial charge in [0, 0.05) is 6.08 Å². The molecular formula is C10H20O2Si. The molecule has 2 nitrogen and oxygen atoms in total. The molecule has 0 aromatic carbocycles. The van der Waals surface area contributed by atoms with E-state index in [4.69, 9.17) is 4.43 Å². The van der Waals surface area contributed by atoms with Gasteiger partial charge in [0.25, 0.3) is 0 Å². The molecule has 76 valence electrons. The normalized spacial score (nSPS) is 10.8. The predicted octanol–water partition coefficient (Wildman–Crippen LogP) is 3.11. The molecule has 0 aliphatic carbocycles. The fourth-order valence-electron chi connectivity index (χ4n) is 0.952. The van der Waals surface area contributed by atoms with Crippen LogP contribution >= 0.6 is 0 Å². The van der Waals surface area contributed by atoms with Gasteiger partial charge in [-0.1, -0.05) is 19.4 Å². The molecule has 0 N–H and O–H groups in total. The molecule has 3 heteroatoms. The summed E-state index contributed by atoms with van der Waals surface area (Å²) in [5.74, 6) is -0.169. The van der Waals surface area contributed by atoms with Crippen molar-refractivity contribution in [2.45, 2.75) is 46.3 Å². The summed E-state index contributed by atoms with van der Waals surface area (Å²) in [6, 6.07) is 0. The minimum Gasteiger partial charge on any atom is -0.517 e. The number of hydrogen-bond donors (Lipinski definition) is 0. The topological polar surface area (TPSA) is 26.3 Å². The highest BCUT2D eigenvalue weighted by atomic mass is 28.4. The number of rotatable bonds is 4. The van der Waals surface area contributed by atoms with Crippen LogP contribution in [-0.4, -0.2) is 14.3 Å². The van der Waals surface area contributed by atoms with Crippen LogP contribution in [-0.2, 0) is 9.22 Å². The van der Waals surface area contributed by atoms with Crippen LogP contribution in [0.15, 0.2) is 11.6 Å². The predicted molar refractivity (Wildman–Crippen MR) is 58.1 cm³/mol. The van der Waals surface area contributed by atoms with E-state index in [1.165, 1.54) is 0 Å². The number of allylic oxidation sites excluding steroid dienone is 1. The van der Waals surface area contributed by atoms with Crippen LogP contribution in [0.1, 0.15) is 26.7 Å². The van der Waals surface area contributed by atoms with Gasteiger partial charge in [-0.15, -0.1) is 0 Å². The van der Waals surface area contributed by atoms with E-state index in [0.29, 0.717) is 0 Å². The monoisotopic (exact) mass is 200 g/mol. The quantitative estimate of drug-likeness (QED) is 0.515. The second-order valence-corrected chi connectivity index (χ2v) is 8.47. The van der Waals surface area contributed by atoms with Gasteiger partial charge >= 0.3 is 5.97 Å². The highest BCUT2D eigenvalue weighted by molar-refractivity contribution is 6.71. The Bertz CT molecular complexity index is 195. The van der Waals surface area contributed by atoms with Crippen molar-refractivity contribution in [2.75, 3.05) is 0 Å². The van der Waals surface area contributed by atoms with Gasteiger partial charge in [-0.25, -0.2) is 4.79 Å². The summed E-state index contributed by atoms with van der Waals surface area (Å²) in [6.07, 6.45) is 3.49. The van der Waals surface area contributed by atoms with Crippen molar-refractivity contribution in [1.29, 1.82) is 0 Å². The van der Waals surface area contributed by atoms with Crippen LogP contribution in [0.2, 0.25) is 19.6 Å². The fraction of sp³-hybridized carbons (Fsp3) is 0.700. The molecule has 0 rings (SSSR count). The third-order valence-corrected chi connectivity index (χ3v) is 2.45. The van der Waals surface area contributed by atoms with Gasteiger partial charge in [0.05, 0.1) is 0 Å². The Labute approximate surface area is 82.1 Å². The molecule has 0 atom stereocenters. The molecule has 0 bridgehead atoms. The molecule has 0 spiro atoms. The largest absolute Gasteiger partial charge is 0.517 e. The Kier molecular flexibility index (Phi) is 4.99.